The molecule has 4 rings (SSSR count). The third-order valence-corrected chi connectivity index (χ3v) is 5.99. The summed E-state index contributed by atoms with van der Waals surface area (Å²) in [5.41, 5.74) is 0.688. The molecule has 0 radical (unpaired) electrons. The summed E-state index contributed by atoms with van der Waals surface area (Å²) < 4.78 is 10.8. The van der Waals surface area contributed by atoms with Gasteiger partial charge < -0.3 is 9.05 Å². The number of aromatic nitrogens is 3. The lowest BCUT2D eigenvalue weighted by Crippen LogP contribution is -2.34. The fourth-order valence-corrected chi connectivity index (χ4v) is 4.01. The third-order valence-electron chi connectivity index (χ3n) is 5.99. The number of rotatable bonds is 7. The third kappa shape index (κ3) is 5.47. The van der Waals surface area contributed by atoms with Gasteiger partial charge in [0.1, 0.15) is 0 Å². The number of carbonyl (C=O) groups excluding carboxylic acids is 1. The molecule has 8 heteroatoms. The van der Waals surface area contributed by atoms with E-state index in [1.165, 1.54) is 25.7 Å². The summed E-state index contributed by atoms with van der Waals surface area (Å²) in [7, 11) is 0. The molecule has 1 N–H and O–H groups in total. The molecule has 2 fully saturated rings. The van der Waals surface area contributed by atoms with Gasteiger partial charge in [-0.3, -0.25) is 15.0 Å². The highest BCUT2D eigenvalue weighted by atomic mass is 16.5. The molecular weight excluding hydrogens is 382 g/mol. The molecule has 2 saturated carbocycles. The minimum absolute atomic E-state index is 0.123. The first-order valence-corrected chi connectivity index (χ1v) is 11.2. The number of nitrogens with zero attached hydrogens (tertiary/aromatic N) is 4. The largest absolute Gasteiger partial charge is 0.338 e. The van der Waals surface area contributed by atoms with Crippen molar-refractivity contribution in [3.05, 3.63) is 23.5 Å². The molecule has 0 aliphatic heterocycles. The van der Waals surface area contributed by atoms with Crippen LogP contribution in [-0.2, 0) is 16.8 Å². The predicted molar refractivity (Wildman–Crippen MR) is 112 cm³/mol. The van der Waals surface area contributed by atoms with Crippen molar-refractivity contribution in [2.24, 2.45) is 0 Å². The number of hydrogen-bond acceptors (Lipinski definition) is 7. The smallest absolute Gasteiger partial charge is 0.240 e. The van der Waals surface area contributed by atoms with Gasteiger partial charge in [-0.1, -0.05) is 56.8 Å². The summed E-state index contributed by atoms with van der Waals surface area (Å²) in [4.78, 5) is 19.4. The molecule has 2 heterocycles. The van der Waals surface area contributed by atoms with Crippen LogP contribution in [0.3, 0.4) is 0 Å². The van der Waals surface area contributed by atoms with Gasteiger partial charge in [-0.2, -0.15) is 4.98 Å². The van der Waals surface area contributed by atoms with E-state index in [9.17, 15) is 4.79 Å². The van der Waals surface area contributed by atoms with Crippen molar-refractivity contribution in [1.29, 1.82) is 0 Å². The Hall–Kier alpha value is -2.22. The van der Waals surface area contributed by atoms with Crippen LogP contribution in [0.2, 0.25) is 0 Å². The van der Waals surface area contributed by atoms with Gasteiger partial charge in [0.25, 0.3) is 0 Å². The van der Waals surface area contributed by atoms with Gasteiger partial charge in [0.05, 0.1) is 18.8 Å². The molecule has 1 amide bonds. The Morgan fingerprint density at radius 3 is 2.47 bits per heavy atom. The first-order chi connectivity index (χ1) is 14.4. The highest BCUT2D eigenvalue weighted by Crippen LogP contribution is 2.31. The van der Waals surface area contributed by atoms with Crippen molar-refractivity contribution < 1.29 is 13.8 Å². The zero-order valence-electron chi connectivity index (χ0n) is 18.3. The van der Waals surface area contributed by atoms with Crippen molar-refractivity contribution in [3.8, 4) is 0 Å². The van der Waals surface area contributed by atoms with Gasteiger partial charge in [-0.25, -0.2) is 0 Å². The summed E-state index contributed by atoms with van der Waals surface area (Å²) >= 11 is 0. The normalized spacial score (nSPS) is 18.5. The second-order valence-electron chi connectivity index (χ2n) is 9.75. The maximum Gasteiger partial charge on any atom is 0.240 e. The summed E-state index contributed by atoms with van der Waals surface area (Å²) in [6, 6.07) is 2.18. The van der Waals surface area contributed by atoms with Crippen LogP contribution in [0.1, 0.15) is 95.5 Å². The first-order valence-electron chi connectivity index (χ1n) is 11.2. The fraction of sp³-hybridized carbons (Fsp3) is 0.727. The van der Waals surface area contributed by atoms with Gasteiger partial charge in [0, 0.05) is 23.4 Å². The van der Waals surface area contributed by atoms with Crippen LogP contribution in [0.4, 0.5) is 5.88 Å². The second kappa shape index (κ2) is 8.88. The standard InChI is InChI=1S/C22H33N5O3/c1-22(2,3)17-12-19(29-25-17)23-18(28)13-27(16-10-11-16)14-20-24-21(26-30-20)15-8-6-4-5-7-9-15/h12,15-16H,4-11,13-14H2,1-3H3,(H,23,28). The summed E-state index contributed by atoms with van der Waals surface area (Å²) in [5.74, 6) is 2.11. The zero-order valence-corrected chi connectivity index (χ0v) is 18.3. The monoisotopic (exact) mass is 415 g/mol. The topological polar surface area (TPSA) is 97.3 Å². The van der Waals surface area contributed by atoms with Crippen LogP contribution in [0.5, 0.6) is 0 Å². The van der Waals surface area contributed by atoms with Gasteiger partial charge in [0.15, 0.2) is 5.82 Å². The Balaban J connectivity index is 1.34. The highest BCUT2D eigenvalue weighted by molar-refractivity contribution is 5.91. The minimum Gasteiger partial charge on any atom is -0.338 e. The van der Waals surface area contributed by atoms with E-state index in [0.717, 1.165) is 37.2 Å². The van der Waals surface area contributed by atoms with E-state index in [1.54, 1.807) is 6.07 Å². The van der Waals surface area contributed by atoms with Crippen molar-refractivity contribution in [1.82, 2.24) is 20.2 Å². The van der Waals surface area contributed by atoms with Gasteiger partial charge in [-0.15, -0.1) is 0 Å². The van der Waals surface area contributed by atoms with Crippen LogP contribution >= 0.6 is 0 Å². The van der Waals surface area contributed by atoms with E-state index in [1.807, 2.05) is 0 Å². The molecule has 0 aromatic carbocycles. The number of carbonyl (C=O) groups is 1. The molecule has 2 aliphatic carbocycles. The van der Waals surface area contributed by atoms with Gasteiger partial charge in [0.2, 0.25) is 17.7 Å². The van der Waals surface area contributed by atoms with Crippen LogP contribution in [0, 0.1) is 0 Å². The molecule has 2 aliphatic rings. The predicted octanol–water partition coefficient (Wildman–Crippen LogP) is 4.40. The van der Waals surface area contributed by atoms with Gasteiger partial charge in [-0.05, 0) is 25.7 Å². The van der Waals surface area contributed by atoms with Crippen LogP contribution in [0.25, 0.3) is 0 Å². The van der Waals surface area contributed by atoms with E-state index in [-0.39, 0.29) is 17.9 Å². The Kier molecular flexibility index (Phi) is 6.22. The summed E-state index contributed by atoms with van der Waals surface area (Å²) in [6.45, 7) is 6.93. The molecule has 0 unspecified atom stereocenters. The average molecular weight is 416 g/mol. The molecule has 0 atom stereocenters. The molecule has 2 aromatic rings. The summed E-state index contributed by atoms with van der Waals surface area (Å²) in [6.07, 6.45) is 9.54. The lowest BCUT2D eigenvalue weighted by molar-refractivity contribution is -0.117. The molecule has 0 spiro atoms. The Morgan fingerprint density at radius 2 is 1.83 bits per heavy atom. The number of amides is 1. The van der Waals surface area contributed by atoms with Crippen LogP contribution < -0.4 is 5.32 Å². The fourth-order valence-electron chi connectivity index (χ4n) is 4.01. The Labute approximate surface area is 177 Å². The Bertz CT molecular complexity index is 841. The average Bonchev–Trinajstić information content (AvgIpc) is 3.35. The van der Waals surface area contributed by atoms with E-state index in [2.05, 4.69) is 46.3 Å². The maximum atomic E-state index is 12.6. The number of anilines is 1. The zero-order chi connectivity index (χ0) is 21.1. The summed E-state index contributed by atoms with van der Waals surface area (Å²) in [5, 5.41) is 11.1. The highest BCUT2D eigenvalue weighted by Gasteiger charge is 2.32. The molecule has 0 bridgehead atoms. The Morgan fingerprint density at radius 1 is 1.10 bits per heavy atom. The molecular formula is C22H33N5O3. The van der Waals surface area contributed by atoms with Crippen LogP contribution in [-0.4, -0.2) is 38.7 Å². The quantitative estimate of drug-likeness (QED) is 0.670. The molecule has 30 heavy (non-hydrogen) atoms. The first kappa shape index (κ1) is 21.0. The SMILES string of the molecule is CC(C)(C)c1cc(NC(=O)CN(Cc2nc(C3CCCCCC3)no2)C2CC2)on1. The van der Waals surface area contributed by atoms with Crippen molar-refractivity contribution in [2.45, 2.75) is 96.1 Å². The molecule has 2 aromatic heterocycles. The van der Waals surface area contributed by atoms with Gasteiger partial charge >= 0.3 is 0 Å². The van der Waals surface area contributed by atoms with Crippen molar-refractivity contribution >= 4 is 11.8 Å². The minimum atomic E-state index is -0.125. The maximum absolute atomic E-state index is 12.6. The van der Waals surface area contributed by atoms with E-state index < -0.39 is 0 Å². The molecule has 164 valence electrons. The second-order valence-corrected chi connectivity index (χ2v) is 9.75. The van der Waals surface area contributed by atoms with E-state index >= 15 is 0 Å². The van der Waals surface area contributed by atoms with Crippen molar-refractivity contribution in [3.63, 3.8) is 0 Å². The number of nitrogens with one attached hydrogen (secondary N) is 1. The van der Waals surface area contributed by atoms with E-state index in [0.29, 0.717) is 30.3 Å². The molecule has 8 nitrogen and oxygen atoms in total. The van der Waals surface area contributed by atoms with Crippen LogP contribution in [0.15, 0.2) is 15.1 Å². The molecule has 0 saturated heterocycles. The van der Waals surface area contributed by atoms with Crippen molar-refractivity contribution in [2.75, 3.05) is 11.9 Å². The number of hydrogen-bond donors (Lipinski definition) is 1. The lowest BCUT2D eigenvalue weighted by Gasteiger charge is -2.18. The van der Waals surface area contributed by atoms with E-state index in [4.69, 9.17) is 9.05 Å². The lowest BCUT2D eigenvalue weighted by atomic mass is 9.92.